The molecule has 0 amide bonds. The standard InChI is InChI=1S/C20H24Cl2N2O2/c1-25-19-11-14(10-17(22)20(19)26-2)13-23-15-6-7-18(16(21)12-15)24-8-4-3-5-9-24/h6-7,10-12,23H,3-5,8-9,13H2,1-2H3. The summed E-state index contributed by atoms with van der Waals surface area (Å²) in [4.78, 5) is 2.36. The Morgan fingerprint density at radius 1 is 0.962 bits per heavy atom. The van der Waals surface area contributed by atoms with Gasteiger partial charge in [-0.2, -0.15) is 0 Å². The van der Waals surface area contributed by atoms with Gasteiger partial charge in [0.15, 0.2) is 11.5 Å². The number of methoxy groups -OCH3 is 2. The van der Waals surface area contributed by atoms with E-state index in [2.05, 4.69) is 22.3 Å². The smallest absolute Gasteiger partial charge is 0.179 e. The highest BCUT2D eigenvalue weighted by molar-refractivity contribution is 6.33. The predicted molar refractivity (Wildman–Crippen MR) is 109 cm³/mol. The van der Waals surface area contributed by atoms with Gasteiger partial charge in [-0.25, -0.2) is 0 Å². The fourth-order valence-electron chi connectivity index (χ4n) is 3.29. The molecule has 0 aromatic heterocycles. The Hall–Kier alpha value is -1.78. The molecule has 0 spiro atoms. The van der Waals surface area contributed by atoms with Gasteiger partial charge in [0.2, 0.25) is 0 Å². The molecule has 140 valence electrons. The van der Waals surface area contributed by atoms with Crippen LogP contribution in [0.5, 0.6) is 11.5 Å². The third-order valence-electron chi connectivity index (χ3n) is 4.63. The third kappa shape index (κ3) is 4.30. The summed E-state index contributed by atoms with van der Waals surface area (Å²) in [5, 5.41) is 4.70. The SMILES string of the molecule is COc1cc(CNc2ccc(N3CCCCC3)c(Cl)c2)cc(Cl)c1OC. The maximum Gasteiger partial charge on any atom is 0.179 e. The van der Waals surface area contributed by atoms with Crippen molar-refractivity contribution in [3.63, 3.8) is 0 Å². The van der Waals surface area contributed by atoms with E-state index in [9.17, 15) is 0 Å². The van der Waals surface area contributed by atoms with Crippen molar-refractivity contribution >= 4 is 34.6 Å². The molecule has 1 aliphatic rings. The second kappa shape index (κ2) is 8.74. The van der Waals surface area contributed by atoms with Crippen molar-refractivity contribution < 1.29 is 9.47 Å². The Bertz CT molecular complexity index is 762. The number of ether oxygens (including phenoxy) is 2. The van der Waals surface area contributed by atoms with Gasteiger partial charge in [0.25, 0.3) is 0 Å². The Morgan fingerprint density at radius 3 is 2.38 bits per heavy atom. The van der Waals surface area contributed by atoms with Gasteiger partial charge in [0.1, 0.15) is 0 Å². The van der Waals surface area contributed by atoms with E-state index in [4.69, 9.17) is 32.7 Å². The molecule has 6 heteroatoms. The Labute approximate surface area is 165 Å². The van der Waals surface area contributed by atoms with Gasteiger partial charge in [-0.15, -0.1) is 0 Å². The van der Waals surface area contributed by atoms with Crippen LogP contribution in [0, 0.1) is 0 Å². The molecule has 0 saturated carbocycles. The lowest BCUT2D eigenvalue weighted by molar-refractivity contribution is 0.355. The van der Waals surface area contributed by atoms with E-state index in [0.717, 1.165) is 35.1 Å². The Kier molecular flexibility index (Phi) is 6.38. The second-order valence-corrected chi connectivity index (χ2v) is 7.20. The normalized spacial score (nSPS) is 14.2. The lowest BCUT2D eigenvalue weighted by atomic mass is 10.1. The van der Waals surface area contributed by atoms with Crippen LogP contribution in [0.25, 0.3) is 0 Å². The van der Waals surface area contributed by atoms with Crippen molar-refractivity contribution in [2.45, 2.75) is 25.8 Å². The lowest BCUT2D eigenvalue weighted by Crippen LogP contribution is -2.29. The van der Waals surface area contributed by atoms with E-state index in [-0.39, 0.29) is 0 Å². The molecular formula is C20H24Cl2N2O2. The molecule has 1 saturated heterocycles. The molecule has 0 radical (unpaired) electrons. The molecule has 3 rings (SSSR count). The number of benzene rings is 2. The van der Waals surface area contributed by atoms with Crippen LogP contribution in [-0.4, -0.2) is 27.3 Å². The molecule has 4 nitrogen and oxygen atoms in total. The monoisotopic (exact) mass is 394 g/mol. The van der Waals surface area contributed by atoms with Crippen LogP contribution < -0.4 is 19.7 Å². The molecule has 0 unspecified atom stereocenters. The highest BCUT2D eigenvalue weighted by Gasteiger charge is 2.14. The van der Waals surface area contributed by atoms with E-state index in [1.807, 2.05) is 18.2 Å². The third-order valence-corrected chi connectivity index (χ3v) is 5.22. The van der Waals surface area contributed by atoms with Crippen molar-refractivity contribution in [3.8, 4) is 11.5 Å². The van der Waals surface area contributed by atoms with Crippen molar-refractivity contribution in [1.29, 1.82) is 0 Å². The molecule has 1 fully saturated rings. The fraction of sp³-hybridized carbons (Fsp3) is 0.400. The number of hydrogen-bond acceptors (Lipinski definition) is 4. The number of hydrogen-bond donors (Lipinski definition) is 1. The van der Waals surface area contributed by atoms with Crippen LogP contribution in [0.3, 0.4) is 0 Å². The molecular weight excluding hydrogens is 371 g/mol. The molecule has 26 heavy (non-hydrogen) atoms. The summed E-state index contributed by atoms with van der Waals surface area (Å²) in [6.07, 6.45) is 3.77. The van der Waals surface area contributed by atoms with Crippen molar-refractivity contribution in [2.24, 2.45) is 0 Å². The minimum absolute atomic E-state index is 0.530. The van der Waals surface area contributed by atoms with Crippen molar-refractivity contribution in [1.82, 2.24) is 0 Å². The van der Waals surface area contributed by atoms with Gasteiger partial charge in [-0.05, 0) is 55.2 Å². The molecule has 1 aliphatic heterocycles. The van der Waals surface area contributed by atoms with Gasteiger partial charge in [0.05, 0.1) is 30.0 Å². The highest BCUT2D eigenvalue weighted by Crippen LogP contribution is 2.36. The topological polar surface area (TPSA) is 33.7 Å². The molecule has 2 aromatic rings. The summed E-state index contributed by atoms with van der Waals surface area (Å²) < 4.78 is 10.6. The molecule has 1 N–H and O–H groups in total. The number of anilines is 2. The van der Waals surface area contributed by atoms with Gasteiger partial charge < -0.3 is 19.7 Å². The number of piperidine rings is 1. The number of nitrogens with zero attached hydrogens (tertiary/aromatic N) is 1. The first-order valence-electron chi connectivity index (χ1n) is 8.81. The predicted octanol–water partition coefficient (Wildman–Crippen LogP) is 5.61. The van der Waals surface area contributed by atoms with Crippen LogP contribution >= 0.6 is 23.2 Å². The first-order valence-corrected chi connectivity index (χ1v) is 9.56. The van der Waals surface area contributed by atoms with E-state index in [0.29, 0.717) is 23.1 Å². The lowest BCUT2D eigenvalue weighted by Gasteiger charge is -2.29. The minimum Gasteiger partial charge on any atom is -0.493 e. The quantitative estimate of drug-likeness (QED) is 0.689. The first kappa shape index (κ1) is 19.0. The van der Waals surface area contributed by atoms with Crippen LogP contribution in [0.1, 0.15) is 24.8 Å². The van der Waals surface area contributed by atoms with Crippen LogP contribution in [0.4, 0.5) is 11.4 Å². The molecule has 0 atom stereocenters. The van der Waals surface area contributed by atoms with Crippen LogP contribution in [-0.2, 0) is 6.54 Å². The summed E-state index contributed by atoms with van der Waals surface area (Å²) in [5.74, 6) is 1.17. The van der Waals surface area contributed by atoms with Gasteiger partial charge in [-0.3, -0.25) is 0 Å². The fourth-order valence-corrected chi connectivity index (χ4v) is 3.90. The average molecular weight is 395 g/mol. The second-order valence-electron chi connectivity index (χ2n) is 6.38. The van der Waals surface area contributed by atoms with E-state index in [1.165, 1.54) is 19.3 Å². The summed E-state index contributed by atoms with van der Waals surface area (Å²) in [6.45, 7) is 2.77. The first-order chi connectivity index (χ1) is 12.6. The summed E-state index contributed by atoms with van der Waals surface area (Å²) in [7, 11) is 3.18. The Balaban J connectivity index is 1.70. The summed E-state index contributed by atoms with van der Waals surface area (Å²) in [6, 6.07) is 9.94. The summed E-state index contributed by atoms with van der Waals surface area (Å²) in [5.41, 5.74) is 3.09. The molecule has 0 bridgehead atoms. The maximum atomic E-state index is 6.52. The van der Waals surface area contributed by atoms with E-state index < -0.39 is 0 Å². The number of nitrogens with one attached hydrogen (secondary N) is 1. The van der Waals surface area contributed by atoms with Gasteiger partial charge >= 0.3 is 0 Å². The minimum atomic E-state index is 0.530. The zero-order chi connectivity index (χ0) is 18.5. The van der Waals surface area contributed by atoms with Crippen molar-refractivity contribution in [2.75, 3.05) is 37.5 Å². The Morgan fingerprint density at radius 2 is 1.73 bits per heavy atom. The number of halogens is 2. The van der Waals surface area contributed by atoms with Gasteiger partial charge in [0, 0.05) is 25.3 Å². The molecule has 2 aromatic carbocycles. The zero-order valence-corrected chi connectivity index (χ0v) is 16.7. The highest BCUT2D eigenvalue weighted by atomic mass is 35.5. The average Bonchev–Trinajstić information content (AvgIpc) is 2.66. The van der Waals surface area contributed by atoms with Gasteiger partial charge in [-0.1, -0.05) is 23.2 Å². The summed E-state index contributed by atoms with van der Waals surface area (Å²) >= 11 is 12.8. The number of rotatable bonds is 6. The largest absolute Gasteiger partial charge is 0.493 e. The molecule has 1 heterocycles. The molecule has 0 aliphatic carbocycles. The maximum absolute atomic E-state index is 6.52. The van der Waals surface area contributed by atoms with Crippen molar-refractivity contribution in [3.05, 3.63) is 45.9 Å². The zero-order valence-electron chi connectivity index (χ0n) is 15.1. The van der Waals surface area contributed by atoms with Crippen LogP contribution in [0.15, 0.2) is 30.3 Å². The van der Waals surface area contributed by atoms with E-state index in [1.54, 1.807) is 14.2 Å². The van der Waals surface area contributed by atoms with Crippen LogP contribution in [0.2, 0.25) is 10.0 Å². The van der Waals surface area contributed by atoms with E-state index >= 15 is 0 Å².